The molecule has 4 heteroatoms. The van der Waals surface area contributed by atoms with E-state index in [4.69, 9.17) is 0 Å². The number of nitrogens with one attached hydrogen (secondary N) is 1. The molecule has 1 aromatic rings. The van der Waals surface area contributed by atoms with Crippen molar-refractivity contribution in [1.82, 2.24) is 10.3 Å². The molecule has 2 aliphatic rings. The van der Waals surface area contributed by atoms with Crippen molar-refractivity contribution in [3.8, 4) is 0 Å². The zero-order valence-electron chi connectivity index (χ0n) is 11.9. The van der Waals surface area contributed by atoms with E-state index in [1.165, 1.54) is 55.2 Å². The summed E-state index contributed by atoms with van der Waals surface area (Å²) >= 11 is 1.88. The van der Waals surface area contributed by atoms with Crippen LogP contribution < -0.4 is 10.2 Å². The molecule has 106 valence electrons. The zero-order chi connectivity index (χ0) is 13.1. The summed E-state index contributed by atoms with van der Waals surface area (Å²) in [6.07, 6.45) is 8.97. The first-order valence-corrected chi connectivity index (χ1v) is 8.57. The maximum Gasteiger partial charge on any atom is 0.185 e. The van der Waals surface area contributed by atoms with Gasteiger partial charge >= 0.3 is 0 Å². The Balaban J connectivity index is 1.56. The molecule has 0 atom stereocenters. The molecule has 3 nitrogen and oxygen atoms in total. The van der Waals surface area contributed by atoms with Crippen molar-refractivity contribution in [1.29, 1.82) is 0 Å². The van der Waals surface area contributed by atoms with Crippen molar-refractivity contribution in [3.63, 3.8) is 0 Å². The lowest BCUT2D eigenvalue weighted by Gasteiger charge is -2.21. The third-order valence-electron chi connectivity index (χ3n) is 3.89. The van der Waals surface area contributed by atoms with E-state index < -0.39 is 0 Å². The van der Waals surface area contributed by atoms with Crippen LogP contribution in [0, 0.1) is 11.8 Å². The molecule has 1 aromatic heterocycles. The number of hydrogen-bond acceptors (Lipinski definition) is 4. The first-order valence-electron chi connectivity index (χ1n) is 7.75. The maximum absolute atomic E-state index is 4.66. The summed E-state index contributed by atoms with van der Waals surface area (Å²) in [7, 11) is 0. The Morgan fingerprint density at radius 1 is 1.26 bits per heavy atom. The van der Waals surface area contributed by atoms with Crippen molar-refractivity contribution in [3.05, 3.63) is 11.1 Å². The van der Waals surface area contributed by atoms with Crippen LogP contribution in [0.5, 0.6) is 0 Å². The second kappa shape index (κ2) is 6.23. The summed E-state index contributed by atoms with van der Waals surface area (Å²) in [5.74, 6) is 1.90. The second-order valence-corrected chi connectivity index (χ2v) is 7.17. The Morgan fingerprint density at radius 3 is 2.53 bits per heavy atom. The van der Waals surface area contributed by atoms with Gasteiger partial charge in [0.2, 0.25) is 0 Å². The fraction of sp³-hybridized carbons (Fsp3) is 0.800. The predicted octanol–water partition coefficient (Wildman–Crippen LogP) is 3.27. The summed E-state index contributed by atoms with van der Waals surface area (Å²) in [6, 6.07) is 0. The van der Waals surface area contributed by atoms with Gasteiger partial charge in [0.05, 0.1) is 0 Å². The Hall–Kier alpha value is -0.610. The van der Waals surface area contributed by atoms with Gasteiger partial charge in [-0.1, -0.05) is 6.92 Å². The van der Waals surface area contributed by atoms with Crippen molar-refractivity contribution >= 4 is 16.5 Å². The molecular weight excluding hydrogens is 254 g/mol. The minimum absolute atomic E-state index is 0.948. The van der Waals surface area contributed by atoms with Crippen LogP contribution in [-0.4, -0.2) is 24.6 Å². The third-order valence-corrected chi connectivity index (χ3v) is 4.95. The van der Waals surface area contributed by atoms with Gasteiger partial charge < -0.3 is 10.2 Å². The zero-order valence-corrected chi connectivity index (χ0v) is 12.7. The molecule has 2 saturated carbocycles. The van der Waals surface area contributed by atoms with Gasteiger partial charge in [-0.3, -0.25) is 0 Å². The van der Waals surface area contributed by atoms with E-state index in [9.17, 15) is 0 Å². The molecule has 0 aliphatic heterocycles. The minimum Gasteiger partial charge on any atom is -0.348 e. The van der Waals surface area contributed by atoms with Crippen LogP contribution in [0.1, 0.15) is 43.9 Å². The van der Waals surface area contributed by atoms with E-state index in [1.54, 1.807) is 0 Å². The highest BCUT2D eigenvalue weighted by Crippen LogP contribution is 2.36. The van der Waals surface area contributed by atoms with Crippen LogP contribution in [0.25, 0.3) is 0 Å². The average molecular weight is 279 g/mol. The van der Waals surface area contributed by atoms with Crippen LogP contribution in [0.4, 0.5) is 5.13 Å². The quantitative estimate of drug-likeness (QED) is 0.703. The fourth-order valence-corrected chi connectivity index (χ4v) is 3.27. The van der Waals surface area contributed by atoms with Gasteiger partial charge in [0.25, 0.3) is 0 Å². The topological polar surface area (TPSA) is 28.2 Å². The van der Waals surface area contributed by atoms with E-state index in [2.05, 4.69) is 28.3 Å². The monoisotopic (exact) mass is 279 g/mol. The van der Waals surface area contributed by atoms with Crippen LogP contribution in [-0.2, 0) is 6.54 Å². The van der Waals surface area contributed by atoms with Gasteiger partial charge in [-0.25, -0.2) is 4.98 Å². The van der Waals surface area contributed by atoms with Gasteiger partial charge in [-0.05, 0) is 50.5 Å². The highest BCUT2D eigenvalue weighted by Gasteiger charge is 2.30. The first kappa shape index (κ1) is 13.4. The summed E-state index contributed by atoms with van der Waals surface area (Å²) in [4.78, 5) is 8.60. The Bertz CT molecular complexity index is 382. The number of hydrogen-bond donors (Lipinski definition) is 1. The number of anilines is 1. The second-order valence-electron chi connectivity index (χ2n) is 6.08. The van der Waals surface area contributed by atoms with E-state index in [-0.39, 0.29) is 0 Å². The highest BCUT2D eigenvalue weighted by molar-refractivity contribution is 7.15. The lowest BCUT2D eigenvalue weighted by Crippen LogP contribution is -2.27. The standard InChI is InChI=1S/C15H25N3S/c1-2-7-16-8-14-9-17-15(19-14)18(10-12-3-4-12)11-13-5-6-13/h9,12-13,16H,2-8,10-11H2,1H3. The summed E-state index contributed by atoms with van der Waals surface area (Å²) in [5.41, 5.74) is 0. The maximum atomic E-state index is 4.66. The van der Waals surface area contributed by atoms with Gasteiger partial charge in [0, 0.05) is 30.7 Å². The van der Waals surface area contributed by atoms with Gasteiger partial charge in [0.15, 0.2) is 5.13 Å². The molecule has 0 aromatic carbocycles. The lowest BCUT2D eigenvalue weighted by atomic mass is 10.3. The van der Waals surface area contributed by atoms with Crippen molar-refractivity contribution in [2.24, 2.45) is 11.8 Å². The van der Waals surface area contributed by atoms with E-state index >= 15 is 0 Å². The van der Waals surface area contributed by atoms with E-state index in [1.807, 2.05) is 11.3 Å². The van der Waals surface area contributed by atoms with Gasteiger partial charge in [0.1, 0.15) is 0 Å². The molecule has 0 saturated heterocycles. The molecule has 2 aliphatic carbocycles. The normalized spacial score (nSPS) is 18.8. The first-order chi connectivity index (χ1) is 9.35. The lowest BCUT2D eigenvalue weighted by molar-refractivity contribution is 0.677. The SMILES string of the molecule is CCCNCc1cnc(N(CC2CC2)CC2CC2)s1. The molecule has 3 rings (SSSR count). The summed E-state index contributed by atoms with van der Waals surface area (Å²) < 4.78 is 0. The predicted molar refractivity (Wildman–Crippen MR) is 81.8 cm³/mol. The Morgan fingerprint density at radius 2 is 1.95 bits per heavy atom. The van der Waals surface area contributed by atoms with Crippen molar-refractivity contribution in [2.45, 2.75) is 45.6 Å². The highest BCUT2D eigenvalue weighted by atomic mass is 32.1. The molecule has 0 amide bonds. The van der Waals surface area contributed by atoms with Crippen LogP contribution in [0.15, 0.2) is 6.20 Å². The Labute approximate surface area is 120 Å². The largest absolute Gasteiger partial charge is 0.348 e. The summed E-state index contributed by atoms with van der Waals surface area (Å²) in [5, 5.41) is 4.72. The van der Waals surface area contributed by atoms with Gasteiger partial charge in [-0.15, -0.1) is 11.3 Å². The Kier molecular flexibility index (Phi) is 4.38. The number of rotatable bonds is 9. The van der Waals surface area contributed by atoms with Crippen molar-refractivity contribution < 1.29 is 0 Å². The van der Waals surface area contributed by atoms with Crippen LogP contribution in [0.3, 0.4) is 0 Å². The molecule has 1 heterocycles. The number of nitrogens with zero attached hydrogens (tertiary/aromatic N) is 2. The molecular formula is C15H25N3S. The fourth-order valence-electron chi connectivity index (χ4n) is 2.37. The molecule has 0 radical (unpaired) electrons. The number of thiazole rings is 1. The van der Waals surface area contributed by atoms with Crippen LogP contribution >= 0.6 is 11.3 Å². The smallest absolute Gasteiger partial charge is 0.185 e. The van der Waals surface area contributed by atoms with Crippen molar-refractivity contribution in [2.75, 3.05) is 24.5 Å². The molecule has 1 N–H and O–H groups in total. The molecule has 0 unspecified atom stereocenters. The number of aromatic nitrogens is 1. The van der Waals surface area contributed by atoms with E-state index in [0.29, 0.717) is 0 Å². The molecule has 2 fully saturated rings. The minimum atomic E-state index is 0.948. The van der Waals surface area contributed by atoms with E-state index in [0.717, 1.165) is 24.9 Å². The average Bonchev–Trinajstić information content (AvgIpc) is 3.33. The molecule has 0 bridgehead atoms. The third kappa shape index (κ3) is 4.18. The van der Waals surface area contributed by atoms with Gasteiger partial charge in [-0.2, -0.15) is 0 Å². The molecule has 19 heavy (non-hydrogen) atoms. The summed E-state index contributed by atoms with van der Waals surface area (Å²) in [6.45, 7) is 6.77. The van der Waals surface area contributed by atoms with Crippen LogP contribution in [0.2, 0.25) is 0 Å². The molecule has 0 spiro atoms.